The van der Waals surface area contributed by atoms with Gasteiger partial charge in [-0.15, -0.1) is 24.8 Å². The van der Waals surface area contributed by atoms with Gasteiger partial charge in [0.2, 0.25) is 0 Å². The smallest absolute Gasteiger partial charge is 0.335 e. The maximum absolute atomic E-state index is 11.0. The highest BCUT2D eigenvalue weighted by Crippen LogP contribution is 2.23. The minimum absolute atomic E-state index is 0. The number of carbonyl (C=O) groups is 1. The zero-order chi connectivity index (χ0) is 19.1. The molecular weight excluding hydrogens is 411 g/mol. The Morgan fingerprint density at radius 1 is 0.862 bits per heavy atom. The molecule has 1 fully saturated rings. The molecular formula is C22H30Cl2N2O3. The first-order chi connectivity index (χ1) is 13.2. The molecule has 0 aromatic heterocycles. The quantitative estimate of drug-likeness (QED) is 0.576. The molecule has 160 valence electrons. The average molecular weight is 441 g/mol. The van der Waals surface area contributed by atoms with Crippen LogP contribution in [0.3, 0.4) is 0 Å². The fraction of sp³-hybridized carbons (Fsp3) is 0.409. The van der Waals surface area contributed by atoms with E-state index in [4.69, 9.17) is 9.84 Å². The molecule has 1 aliphatic rings. The number of hydrogen-bond donors (Lipinski definition) is 1. The van der Waals surface area contributed by atoms with Crippen molar-refractivity contribution in [2.24, 2.45) is 0 Å². The summed E-state index contributed by atoms with van der Waals surface area (Å²) < 4.78 is 5.78. The van der Waals surface area contributed by atoms with Gasteiger partial charge in [0.05, 0.1) is 12.2 Å². The summed E-state index contributed by atoms with van der Waals surface area (Å²) in [5, 5.41) is 9.01. The van der Waals surface area contributed by atoms with Gasteiger partial charge in [-0.05, 0) is 55.0 Å². The summed E-state index contributed by atoms with van der Waals surface area (Å²) in [5.41, 5.74) is 2.63. The van der Waals surface area contributed by atoms with Crippen molar-refractivity contribution in [3.63, 3.8) is 0 Å². The summed E-state index contributed by atoms with van der Waals surface area (Å²) in [6, 6.07) is 15.5. The Labute approximate surface area is 185 Å². The number of unbranched alkanes of at least 4 members (excludes halogenated alkanes) is 2. The van der Waals surface area contributed by atoms with Crippen molar-refractivity contribution in [3.8, 4) is 5.75 Å². The summed E-state index contributed by atoms with van der Waals surface area (Å²) in [4.78, 5) is 15.6. The van der Waals surface area contributed by atoms with Crippen molar-refractivity contribution >= 4 is 42.2 Å². The van der Waals surface area contributed by atoms with E-state index in [1.807, 2.05) is 12.1 Å². The lowest BCUT2D eigenvalue weighted by Gasteiger charge is -2.37. The largest absolute Gasteiger partial charge is 0.494 e. The van der Waals surface area contributed by atoms with Crippen LogP contribution in [0.5, 0.6) is 5.75 Å². The number of benzene rings is 2. The van der Waals surface area contributed by atoms with E-state index in [9.17, 15) is 4.79 Å². The number of carboxylic acid groups (broad SMARTS) is 1. The van der Waals surface area contributed by atoms with Gasteiger partial charge in [-0.1, -0.05) is 19.8 Å². The molecule has 3 rings (SSSR count). The molecule has 0 aliphatic carbocycles. The van der Waals surface area contributed by atoms with Gasteiger partial charge in [-0.2, -0.15) is 0 Å². The topological polar surface area (TPSA) is 53.0 Å². The molecule has 2 aromatic rings. The van der Waals surface area contributed by atoms with Gasteiger partial charge >= 0.3 is 5.97 Å². The molecule has 1 aliphatic heterocycles. The van der Waals surface area contributed by atoms with E-state index in [0.29, 0.717) is 5.56 Å². The summed E-state index contributed by atoms with van der Waals surface area (Å²) in [6.45, 7) is 6.70. The van der Waals surface area contributed by atoms with Crippen LogP contribution in [0.15, 0.2) is 48.5 Å². The second-order valence-corrected chi connectivity index (χ2v) is 6.88. The fourth-order valence-corrected chi connectivity index (χ4v) is 3.33. The van der Waals surface area contributed by atoms with Gasteiger partial charge in [-0.25, -0.2) is 4.79 Å². The van der Waals surface area contributed by atoms with Crippen LogP contribution in [-0.4, -0.2) is 43.9 Å². The van der Waals surface area contributed by atoms with Crippen molar-refractivity contribution in [3.05, 3.63) is 54.1 Å². The predicted octanol–water partition coefficient (Wildman–Crippen LogP) is 5.12. The molecule has 1 N–H and O–H groups in total. The second-order valence-electron chi connectivity index (χ2n) is 6.88. The Morgan fingerprint density at radius 2 is 1.34 bits per heavy atom. The number of halogens is 2. The van der Waals surface area contributed by atoms with Crippen LogP contribution in [0.2, 0.25) is 0 Å². The highest BCUT2D eigenvalue weighted by Gasteiger charge is 2.18. The molecule has 0 bridgehead atoms. The van der Waals surface area contributed by atoms with Crippen molar-refractivity contribution in [1.29, 1.82) is 0 Å². The van der Waals surface area contributed by atoms with E-state index in [0.717, 1.165) is 50.6 Å². The third-order valence-electron chi connectivity index (χ3n) is 4.98. The molecule has 0 spiro atoms. The molecule has 2 aromatic carbocycles. The summed E-state index contributed by atoms with van der Waals surface area (Å²) in [5.74, 6) is 0.0520. The first-order valence-electron chi connectivity index (χ1n) is 9.73. The summed E-state index contributed by atoms with van der Waals surface area (Å²) in [6.07, 6.45) is 3.52. The molecule has 5 nitrogen and oxygen atoms in total. The van der Waals surface area contributed by atoms with Crippen LogP contribution in [0.4, 0.5) is 11.4 Å². The Bertz CT molecular complexity index is 731. The number of nitrogens with zero attached hydrogens (tertiary/aromatic N) is 2. The van der Waals surface area contributed by atoms with Crippen LogP contribution in [0.1, 0.15) is 36.5 Å². The van der Waals surface area contributed by atoms with E-state index in [1.165, 1.54) is 18.5 Å². The predicted molar refractivity (Wildman–Crippen MR) is 124 cm³/mol. The molecule has 1 saturated heterocycles. The van der Waals surface area contributed by atoms with Gasteiger partial charge < -0.3 is 19.6 Å². The minimum atomic E-state index is -0.885. The summed E-state index contributed by atoms with van der Waals surface area (Å²) >= 11 is 0. The van der Waals surface area contributed by atoms with Crippen LogP contribution in [0, 0.1) is 0 Å². The Hall–Kier alpha value is -2.11. The number of ether oxygens (including phenoxy) is 1. The Morgan fingerprint density at radius 3 is 1.79 bits per heavy atom. The zero-order valence-corrected chi connectivity index (χ0v) is 18.4. The summed E-state index contributed by atoms with van der Waals surface area (Å²) in [7, 11) is 0. The molecule has 1 heterocycles. The van der Waals surface area contributed by atoms with E-state index in [2.05, 4.69) is 41.0 Å². The lowest BCUT2D eigenvalue weighted by atomic mass is 10.1. The van der Waals surface area contributed by atoms with Crippen molar-refractivity contribution in [2.45, 2.75) is 26.2 Å². The molecule has 29 heavy (non-hydrogen) atoms. The third kappa shape index (κ3) is 7.02. The van der Waals surface area contributed by atoms with Gasteiger partial charge in [0.15, 0.2) is 0 Å². The van der Waals surface area contributed by atoms with E-state index < -0.39 is 5.97 Å². The minimum Gasteiger partial charge on any atom is -0.494 e. The fourth-order valence-electron chi connectivity index (χ4n) is 3.33. The molecule has 7 heteroatoms. The van der Waals surface area contributed by atoms with Gasteiger partial charge in [0.1, 0.15) is 5.75 Å². The number of hydrogen-bond acceptors (Lipinski definition) is 4. The SMILES string of the molecule is CCCCCOc1ccc(N2CCN(c3ccc(C(=O)O)cc3)CC2)cc1.Cl.Cl. The third-order valence-corrected chi connectivity index (χ3v) is 4.98. The number of carboxylic acids is 1. The molecule has 0 unspecified atom stereocenters. The maximum atomic E-state index is 11.0. The van der Waals surface area contributed by atoms with Crippen LogP contribution in [0.25, 0.3) is 0 Å². The number of aromatic carboxylic acids is 1. The van der Waals surface area contributed by atoms with Crippen LogP contribution >= 0.6 is 24.8 Å². The lowest BCUT2D eigenvalue weighted by molar-refractivity contribution is 0.0697. The number of rotatable bonds is 8. The van der Waals surface area contributed by atoms with Crippen molar-refractivity contribution < 1.29 is 14.6 Å². The number of anilines is 2. The first-order valence-corrected chi connectivity index (χ1v) is 9.73. The van der Waals surface area contributed by atoms with Crippen molar-refractivity contribution in [1.82, 2.24) is 0 Å². The highest BCUT2D eigenvalue weighted by molar-refractivity contribution is 5.88. The molecule has 0 amide bonds. The Balaban J connectivity index is 0.00000210. The van der Waals surface area contributed by atoms with Crippen LogP contribution < -0.4 is 14.5 Å². The van der Waals surface area contributed by atoms with E-state index in [-0.39, 0.29) is 24.8 Å². The normalized spacial score (nSPS) is 13.3. The zero-order valence-electron chi connectivity index (χ0n) is 16.8. The molecule has 0 radical (unpaired) electrons. The second kappa shape index (κ2) is 12.5. The van der Waals surface area contributed by atoms with Crippen molar-refractivity contribution in [2.75, 3.05) is 42.6 Å². The maximum Gasteiger partial charge on any atom is 0.335 e. The first kappa shape index (κ1) is 24.9. The van der Waals surface area contributed by atoms with Gasteiger partial charge in [0, 0.05) is 37.6 Å². The molecule has 0 atom stereocenters. The molecule has 0 saturated carbocycles. The number of piperazine rings is 1. The highest BCUT2D eigenvalue weighted by atomic mass is 35.5. The van der Waals surface area contributed by atoms with Gasteiger partial charge in [0.25, 0.3) is 0 Å². The monoisotopic (exact) mass is 440 g/mol. The van der Waals surface area contributed by atoms with E-state index in [1.54, 1.807) is 12.1 Å². The average Bonchev–Trinajstić information content (AvgIpc) is 2.72. The van der Waals surface area contributed by atoms with E-state index >= 15 is 0 Å². The van der Waals surface area contributed by atoms with Crippen LogP contribution in [-0.2, 0) is 0 Å². The lowest BCUT2D eigenvalue weighted by Crippen LogP contribution is -2.46. The Kier molecular flexibility index (Phi) is 10.7. The standard InChI is InChI=1S/C22H28N2O3.2ClH/c1-2-3-4-17-27-21-11-9-20(10-12-21)24-15-13-23(14-16-24)19-7-5-18(6-8-19)22(25)26;;/h5-12H,2-4,13-17H2,1H3,(H,25,26);2*1H. The van der Waals surface area contributed by atoms with Gasteiger partial charge in [-0.3, -0.25) is 0 Å².